The molecule has 5 nitrogen and oxygen atoms in total. The number of benzene rings is 1. The Bertz CT molecular complexity index is 757. The van der Waals surface area contributed by atoms with Crippen LogP contribution in [0.3, 0.4) is 0 Å². The second-order valence-corrected chi connectivity index (χ2v) is 5.37. The topological polar surface area (TPSA) is 73.4 Å². The lowest BCUT2D eigenvalue weighted by Crippen LogP contribution is -2.38. The van der Waals surface area contributed by atoms with Gasteiger partial charge in [-0.25, -0.2) is 0 Å². The van der Waals surface area contributed by atoms with Gasteiger partial charge < -0.3 is 15.0 Å². The minimum absolute atomic E-state index is 0.0289. The van der Waals surface area contributed by atoms with Crippen LogP contribution in [0.15, 0.2) is 41.3 Å². The molecule has 21 heavy (non-hydrogen) atoms. The number of hydrogen-bond donors (Lipinski definition) is 2. The normalized spacial score (nSPS) is 17.4. The minimum atomic E-state index is -0.711. The maximum atomic E-state index is 12.5. The number of nitrogens with one attached hydrogen (secondary N) is 1. The monoisotopic (exact) mass is 304 g/mol. The number of aromatic nitrogens is 1. The Hall–Kier alpha value is -2.11. The smallest absolute Gasteiger partial charge is 0.266 e. The highest BCUT2D eigenvalue weighted by atomic mass is 35.5. The van der Waals surface area contributed by atoms with Crippen molar-refractivity contribution in [2.45, 2.75) is 12.6 Å². The highest BCUT2D eigenvalue weighted by Gasteiger charge is 2.27. The first-order valence-electron chi connectivity index (χ1n) is 6.49. The molecule has 1 unspecified atom stereocenters. The summed E-state index contributed by atoms with van der Waals surface area (Å²) >= 11 is 5.74. The van der Waals surface area contributed by atoms with Crippen LogP contribution < -0.4 is 5.56 Å². The predicted octanol–water partition coefficient (Wildman–Crippen LogP) is 1.72. The zero-order valence-corrected chi connectivity index (χ0v) is 11.8. The molecule has 0 saturated heterocycles. The number of aliphatic hydroxyl groups is 1. The summed E-state index contributed by atoms with van der Waals surface area (Å²) in [6.45, 7) is 0.634. The molecule has 2 N–H and O–H groups in total. The van der Waals surface area contributed by atoms with E-state index in [1.807, 2.05) is 24.3 Å². The molecule has 1 aromatic heterocycles. The molecule has 0 saturated carbocycles. The number of aliphatic hydroxyl groups excluding tert-OH is 1. The van der Waals surface area contributed by atoms with Gasteiger partial charge in [0.2, 0.25) is 0 Å². The van der Waals surface area contributed by atoms with E-state index in [4.69, 9.17) is 11.6 Å². The first kappa shape index (κ1) is 13.9. The standard InChI is InChI=1S/C15H13ClN2O3/c16-12-5-10(6-17-14(12)20)15(21)18-7-9-3-1-2-4-11(9)13(19)8-18/h1-6,13,19H,7-8H2,(H,17,20). The fraction of sp³-hybridized carbons (Fsp3) is 0.200. The molecule has 0 radical (unpaired) electrons. The molecule has 0 bridgehead atoms. The number of halogens is 1. The third kappa shape index (κ3) is 2.57. The van der Waals surface area contributed by atoms with Gasteiger partial charge in [0.25, 0.3) is 11.5 Å². The second kappa shape index (κ2) is 5.35. The van der Waals surface area contributed by atoms with Crippen LogP contribution in [0.5, 0.6) is 0 Å². The molecular weight excluding hydrogens is 292 g/mol. The van der Waals surface area contributed by atoms with Crippen molar-refractivity contribution >= 4 is 17.5 Å². The van der Waals surface area contributed by atoms with E-state index in [1.165, 1.54) is 17.2 Å². The van der Waals surface area contributed by atoms with Crippen LogP contribution >= 0.6 is 11.6 Å². The molecule has 108 valence electrons. The van der Waals surface area contributed by atoms with Crippen molar-refractivity contribution in [2.75, 3.05) is 6.54 Å². The van der Waals surface area contributed by atoms with Crippen molar-refractivity contribution in [1.29, 1.82) is 0 Å². The van der Waals surface area contributed by atoms with Crippen molar-refractivity contribution in [3.63, 3.8) is 0 Å². The second-order valence-electron chi connectivity index (χ2n) is 4.97. The molecule has 1 aromatic carbocycles. The third-order valence-corrected chi connectivity index (χ3v) is 3.84. The van der Waals surface area contributed by atoms with Gasteiger partial charge in [-0.1, -0.05) is 35.9 Å². The summed E-state index contributed by atoms with van der Waals surface area (Å²) in [5.74, 6) is -0.276. The molecule has 1 amide bonds. The van der Waals surface area contributed by atoms with Crippen molar-refractivity contribution in [2.24, 2.45) is 0 Å². The third-order valence-electron chi connectivity index (χ3n) is 3.56. The summed E-state index contributed by atoms with van der Waals surface area (Å²) in [6.07, 6.45) is 0.626. The summed E-state index contributed by atoms with van der Waals surface area (Å²) in [4.78, 5) is 27.6. The van der Waals surface area contributed by atoms with E-state index in [0.717, 1.165) is 11.1 Å². The molecule has 2 heterocycles. The Labute approximate surface area is 125 Å². The number of hydrogen-bond acceptors (Lipinski definition) is 3. The summed E-state index contributed by atoms with van der Waals surface area (Å²) < 4.78 is 0. The van der Waals surface area contributed by atoms with Gasteiger partial charge in [-0.3, -0.25) is 9.59 Å². The number of H-pyrrole nitrogens is 1. The summed E-state index contributed by atoms with van der Waals surface area (Å²) in [7, 11) is 0. The van der Waals surface area contributed by atoms with E-state index >= 15 is 0 Å². The van der Waals surface area contributed by atoms with E-state index in [1.54, 1.807) is 0 Å². The van der Waals surface area contributed by atoms with Gasteiger partial charge >= 0.3 is 0 Å². The molecule has 0 aliphatic carbocycles. The Kier molecular flexibility index (Phi) is 3.53. The van der Waals surface area contributed by atoms with E-state index < -0.39 is 11.7 Å². The quantitative estimate of drug-likeness (QED) is 0.842. The van der Waals surface area contributed by atoms with Gasteiger partial charge in [-0.15, -0.1) is 0 Å². The van der Waals surface area contributed by atoms with Gasteiger partial charge in [0.05, 0.1) is 18.2 Å². The lowest BCUT2D eigenvalue weighted by atomic mass is 9.97. The van der Waals surface area contributed by atoms with Gasteiger partial charge in [-0.2, -0.15) is 0 Å². The van der Waals surface area contributed by atoms with Crippen LogP contribution in [0, 0.1) is 0 Å². The Morgan fingerprint density at radius 2 is 2.14 bits per heavy atom. The van der Waals surface area contributed by atoms with Crippen molar-refractivity contribution in [3.8, 4) is 0 Å². The van der Waals surface area contributed by atoms with Crippen LogP contribution in [0.25, 0.3) is 0 Å². The Balaban J connectivity index is 1.90. The predicted molar refractivity (Wildman–Crippen MR) is 78.2 cm³/mol. The molecule has 6 heteroatoms. The molecule has 1 atom stereocenters. The first-order chi connectivity index (χ1) is 10.1. The van der Waals surface area contributed by atoms with Gasteiger partial charge in [-0.05, 0) is 17.2 Å². The van der Waals surface area contributed by atoms with Crippen LogP contribution in [0.2, 0.25) is 5.02 Å². The average Bonchev–Trinajstić information content (AvgIpc) is 2.49. The molecule has 3 rings (SSSR count). The Morgan fingerprint density at radius 3 is 2.90 bits per heavy atom. The van der Waals surface area contributed by atoms with Crippen molar-refractivity contribution < 1.29 is 9.90 Å². The molecular formula is C15H13ClN2O3. The number of amides is 1. The number of fused-ring (bicyclic) bond motifs is 1. The van der Waals surface area contributed by atoms with Gasteiger partial charge in [0.1, 0.15) is 5.02 Å². The summed E-state index contributed by atoms with van der Waals surface area (Å²) in [6, 6.07) is 8.82. The average molecular weight is 305 g/mol. The maximum Gasteiger partial charge on any atom is 0.266 e. The van der Waals surface area contributed by atoms with E-state index in [-0.39, 0.29) is 17.5 Å². The molecule has 1 aliphatic rings. The number of carbonyl (C=O) groups excluding carboxylic acids is 1. The highest BCUT2D eigenvalue weighted by Crippen LogP contribution is 2.27. The fourth-order valence-electron chi connectivity index (χ4n) is 2.50. The zero-order valence-electron chi connectivity index (χ0n) is 11.0. The van der Waals surface area contributed by atoms with Crippen LogP contribution in [0.4, 0.5) is 0 Å². The number of nitrogens with zero attached hydrogens (tertiary/aromatic N) is 1. The lowest BCUT2D eigenvalue weighted by molar-refractivity contribution is 0.0549. The largest absolute Gasteiger partial charge is 0.387 e. The number of rotatable bonds is 1. The SMILES string of the molecule is O=C(c1c[nH]c(=O)c(Cl)c1)N1Cc2ccccc2C(O)C1. The van der Waals surface area contributed by atoms with Crippen molar-refractivity contribution in [3.05, 3.63) is 68.6 Å². The lowest BCUT2D eigenvalue weighted by Gasteiger charge is -2.32. The first-order valence-corrected chi connectivity index (χ1v) is 6.87. The summed E-state index contributed by atoms with van der Waals surface area (Å²) in [5, 5.41) is 10.1. The van der Waals surface area contributed by atoms with E-state index in [0.29, 0.717) is 12.1 Å². The number of aromatic amines is 1. The van der Waals surface area contributed by atoms with Crippen LogP contribution in [0.1, 0.15) is 27.6 Å². The molecule has 1 aliphatic heterocycles. The van der Waals surface area contributed by atoms with E-state index in [9.17, 15) is 14.7 Å². The molecule has 0 spiro atoms. The molecule has 0 fully saturated rings. The van der Waals surface area contributed by atoms with Gasteiger partial charge in [0.15, 0.2) is 0 Å². The maximum absolute atomic E-state index is 12.5. The van der Waals surface area contributed by atoms with Crippen LogP contribution in [-0.2, 0) is 6.54 Å². The van der Waals surface area contributed by atoms with Crippen LogP contribution in [-0.4, -0.2) is 27.4 Å². The minimum Gasteiger partial charge on any atom is -0.387 e. The van der Waals surface area contributed by atoms with Crippen molar-refractivity contribution in [1.82, 2.24) is 9.88 Å². The number of carbonyl (C=O) groups is 1. The zero-order chi connectivity index (χ0) is 15.0. The number of β-amino-alcohol motifs (C(OH)–C–C–N with tert-alkyl or cyclic N) is 1. The number of pyridine rings is 1. The Morgan fingerprint density at radius 1 is 1.38 bits per heavy atom. The molecule has 2 aromatic rings. The van der Waals surface area contributed by atoms with Gasteiger partial charge in [0, 0.05) is 12.7 Å². The highest BCUT2D eigenvalue weighted by molar-refractivity contribution is 6.30. The fourth-order valence-corrected chi connectivity index (χ4v) is 2.67. The summed E-state index contributed by atoms with van der Waals surface area (Å²) in [5.41, 5.74) is 1.63. The van der Waals surface area contributed by atoms with E-state index in [2.05, 4.69) is 4.98 Å².